The van der Waals surface area contributed by atoms with Crippen LogP contribution >= 0.6 is 12.2 Å². The standard InChI is InChI=1S/C27H28N4OS/c1-17-10-11-21(14-18(17)2)31-26(25(29-27(31)33)24-9-5-6-12-28-24)23-15-19(3)30(20(23)4)16-22-8-7-13-32-22/h5-15,25-26H,16H2,1-4H3,(H,29,33)/t25-,26-/m1/s1. The SMILES string of the molecule is Cc1ccc(N2C(=S)N[C@H](c3ccccn3)[C@H]2c2cc(C)n(Cc3ccco3)c2C)cc1C. The average Bonchev–Trinajstić information content (AvgIpc) is 3.51. The summed E-state index contributed by atoms with van der Waals surface area (Å²) in [6.07, 6.45) is 3.57. The minimum absolute atomic E-state index is 0.0222. The fourth-order valence-electron chi connectivity index (χ4n) is 4.75. The minimum atomic E-state index is -0.0575. The van der Waals surface area contributed by atoms with E-state index >= 15 is 0 Å². The normalized spacial score (nSPS) is 18.1. The number of aromatic nitrogens is 2. The van der Waals surface area contributed by atoms with Gasteiger partial charge in [-0.05, 0) is 99.1 Å². The van der Waals surface area contributed by atoms with Crippen molar-refractivity contribution in [2.75, 3.05) is 4.90 Å². The maximum atomic E-state index is 5.89. The van der Waals surface area contributed by atoms with E-state index in [9.17, 15) is 0 Å². The van der Waals surface area contributed by atoms with E-state index in [1.54, 1.807) is 6.26 Å². The number of benzene rings is 1. The van der Waals surface area contributed by atoms with Crippen molar-refractivity contribution in [2.24, 2.45) is 0 Å². The van der Waals surface area contributed by atoms with Crippen LogP contribution in [0.2, 0.25) is 0 Å². The second-order valence-electron chi connectivity index (χ2n) is 8.76. The molecule has 1 saturated heterocycles. The zero-order valence-electron chi connectivity index (χ0n) is 19.4. The molecule has 1 fully saturated rings. The Balaban J connectivity index is 1.64. The second kappa shape index (κ2) is 8.52. The highest BCUT2D eigenvalue weighted by molar-refractivity contribution is 7.80. The molecule has 4 heterocycles. The third-order valence-corrected chi connectivity index (χ3v) is 7.01. The summed E-state index contributed by atoms with van der Waals surface area (Å²) < 4.78 is 7.94. The molecule has 33 heavy (non-hydrogen) atoms. The van der Waals surface area contributed by atoms with Gasteiger partial charge in [0.2, 0.25) is 0 Å². The number of furan rings is 1. The lowest BCUT2D eigenvalue weighted by Gasteiger charge is -2.28. The number of rotatable bonds is 5. The van der Waals surface area contributed by atoms with Gasteiger partial charge in [0, 0.05) is 23.3 Å². The van der Waals surface area contributed by atoms with Crippen molar-refractivity contribution in [1.82, 2.24) is 14.9 Å². The van der Waals surface area contributed by atoms with Gasteiger partial charge in [0.25, 0.3) is 0 Å². The number of nitrogens with one attached hydrogen (secondary N) is 1. The molecule has 4 aromatic rings. The summed E-state index contributed by atoms with van der Waals surface area (Å²) in [5.74, 6) is 0.940. The van der Waals surface area contributed by atoms with Gasteiger partial charge in [-0.25, -0.2) is 0 Å². The molecule has 0 aliphatic carbocycles. The molecule has 5 nitrogen and oxygen atoms in total. The summed E-state index contributed by atoms with van der Waals surface area (Å²) >= 11 is 5.89. The fraction of sp³-hybridized carbons (Fsp3) is 0.259. The van der Waals surface area contributed by atoms with Crippen LogP contribution in [0.4, 0.5) is 5.69 Å². The van der Waals surface area contributed by atoms with Gasteiger partial charge in [-0.2, -0.15) is 0 Å². The summed E-state index contributed by atoms with van der Waals surface area (Å²) in [7, 11) is 0. The van der Waals surface area contributed by atoms with Crippen molar-refractivity contribution < 1.29 is 4.42 Å². The first-order chi connectivity index (χ1) is 15.9. The van der Waals surface area contributed by atoms with E-state index in [2.05, 4.69) is 77.8 Å². The highest BCUT2D eigenvalue weighted by Crippen LogP contribution is 2.43. The lowest BCUT2D eigenvalue weighted by atomic mass is 9.96. The number of aryl methyl sites for hydroxylation is 3. The first-order valence-corrected chi connectivity index (χ1v) is 11.6. The molecule has 2 atom stereocenters. The van der Waals surface area contributed by atoms with Gasteiger partial charge < -0.3 is 19.2 Å². The van der Waals surface area contributed by atoms with Crippen molar-refractivity contribution in [3.05, 3.63) is 107 Å². The predicted octanol–water partition coefficient (Wildman–Crippen LogP) is 5.94. The van der Waals surface area contributed by atoms with Gasteiger partial charge in [-0.15, -0.1) is 0 Å². The molecule has 0 spiro atoms. The Hall–Kier alpha value is -3.38. The van der Waals surface area contributed by atoms with E-state index < -0.39 is 0 Å². The number of nitrogens with zero attached hydrogens (tertiary/aromatic N) is 3. The third-order valence-electron chi connectivity index (χ3n) is 6.69. The van der Waals surface area contributed by atoms with Gasteiger partial charge in [-0.1, -0.05) is 12.1 Å². The molecule has 5 rings (SSSR count). The Labute approximate surface area is 200 Å². The van der Waals surface area contributed by atoms with Gasteiger partial charge in [-0.3, -0.25) is 4.98 Å². The van der Waals surface area contributed by atoms with Crippen LogP contribution in [0.25, 0.3) is 0 Å². The Kier molecular flexibility index (Phi) is 5.54. The van der Waals surface area contributed by atoms with Crippen molar-refractivity contribution in [3.63, 3.8) is 0 Å². The predicted molar refractivity (Wildman–Crippen MR) is 136 cm³/mol. The number of anilines is 1. The van der Waals surface area contributed by atoms with Crippen molar-refractivity contribution in [2.45, 2.75) is 46.3 Å². The van der Waals surface area contributed by atoms with E-state index in [-0.39, 0.29) is 12.1 Å². The van der Waals surface area contributed by atoms with Crippen LogP contribution in [-0.2, 0) is 6.54 Å². The topological polar surface area (TPSA) is 46.2 Å². The van der Waals surface area contributed by atoms with Gasteiger partial charge in [0.05, 0.1) is 30.6 Å². The van der Waals surface area contributed by atoms with Gasteiger partial charge in [0.1, 0.15) is 5.76 Å². The quantitative estimate of drug-likeness (QED) is 0.377. The maximum absolute atomic E-state index is 5.89. The van der Waals surface area contributed by atoms with Crippen LogP contribution in [0.5, 0.6) is 0 Å². The van der Waals surface area contributed by atoms with E-state index in [1.807, 2.05) is 30.5 Å². The Bertz CT molecular complexity index is 1290. The van der Waals surface area contributed by atoms with Gasteiger partial charge >= 0.3 is 0 Å². The maximum Gasteiger partial charge on any atom is 0.174 e. The highest BCUT2D eigenvalue weighted by Gasteiger charge is 2.42. The number of pyridine rings is 1. The van der Waals surface area contributed by atoms with Crippen LogP contribution in [0.3, 0.4) is 0 Å². The molecule has 1 aliphatic heterocycles. The molecule has 0 bridgehead atoms. The monoisotopic (exact) mass is 456 g/mol. The molecule has 0 unspecified atom stereocenters. The van der Waals surface area contributed by atoms with Crippen LogP contribution < -0.4 is 10.2 Å². The van der Waals surface area contributed by atoms with Crippen LogP contribution in [0.15, 0.2) is 71.5 Å². The Morgan fingerprint density at radius 3 is 2.55 bits per heavy atom. The summed E-state index contributed by atoms with van der Waals surface area (Å²) in [6.45, 7) is 9.31. The van der Waals surface area contributed by atoms with Crippen molar-refractivity contribution in [1.29, 1.82) is 0 Å². The van der Waals surface area contributed by atoms with E-state index in [4.69, 9.17) is 16.6 Å². The molecule has 1 aromatic carbocycles. The van der Waals surface area contributed by atoms with Crippen LogP contribution in [0.1, 0.15) is 51.6 Å². The van der Waals surface area contributed by atoms with E-state index in [1.165, 1.54) is 28.1 Å². The van der Waals surface area contributed by atoms with Crippen molar-refractivity contribution >= 4 is 23.0 Å². The second-order valence-corrected chi connectivity index (χ2v) is 9.14. The number of hydrogen-bond acceptors (Lipinski definition) is 3. The number of thiocarbonyl (C=S) groups is 1. The summed E-state index contributed by atoms with van der Waals surface area (Å²) in [4.78, 5) is 6.93. The third kappa shape index (κ3) is 3.85. The Morgan fingerprint density at radius 1 is 1.00 bits per heavy atom. The lowest BCUT2D eigenvalue weighted by Crippen LogP contribution is -2.29. The average molecular weight is 457 g/mol. The Morgan fingerprint density at radius 2 is 1.85 bits per heavy atom. The largest absolute Gasteiger partial charge is 0.467 e. The summed E-state index contributed by atoms with van der Waals surface area (Å²) in [5.41, 5.74) is 8.22. The zero-order chi connectivity index (χ0) is 23.1. The molecule has 0 amide bonds. The summed E-state index contributed by atoms with van der Waals surface area (Å²) in [6, 6.07) is 18.7. The zero-order valence-corrected chi connectivity index (χ0v) is 20.2. The molecular formula is C27H28N4OS. The lowest BCUT2D eigenvalue weighted by molar-refractivity contribution is 0.488. The van der Waals surface area contributed by atoms with E-state index in [0.717, 1.165) is 22.3 Å². The smallest absolute Gasteiger partial charge is 0.174 e. The fourth-order valence-corrected chi connectivity index (χ4v) is 5.10. The molecule has 3 aromatic heterocycles. The summed E-state index contributed by atoms with van der Waals surface area (Å²) in [5, 5.41) is 4.29. The van der Waals surface area contributed by atoms with Crippen LogP contribution in [0, 0.1) is 27.7 Å². The van der Waals surface area contributed by atoms with Gasteiger partial charge in [0.15, 0.2) is 5.11 Å². The molecule has 6 heteroatoms. The molecule has 168 valence electrons. The minimum Gasteiger partial charge on any atom is -0.467 e. The van der Waals surface area contributed by atoms with E-state index in [0.29, 0.717) is 6.54 Å². The number of hydrogen-bond donors (Lipinski definition) is 1. The molecule has 1 N–H and O–H groups in total. The molecule has 0 radical (unpaired) electrons. The van der Waals surface area contributed by atoms with Crippen LogP contribution in [-0.4, -0.2) is 14.7 Å². The molecule has 1 aliphatic rings. The first kappa shape index (κ1) is 21.5. The molecule has 0 saturated carbocycles. The van der Waals surface area contributed by atoms with Crippen molar-refractivity contribution in [3.8, 4) is 0 Å². The first-order valence-electron chi connectivity index (χ1n) is 11.2. The highest BCUT2D eigenvalue weighted by atomic mass is 32.1. The molecular weight excluding hydrogens is 428 g/mol.